The molecule has 0 aliphatic carbocycles. The van der Waals surface area contributed by atoms with Crippen LogP contribution in [0.2, 0.25) is 5.02 Å². The van der Waals surface area contributed by atoms with E-state index in [1.54, 1.807) is 6.20 Å². The number of allylic oxidation sites excluding steroid dienone is 1. The lowest BCUT2D eigenvalue weighted by Gasteiger charge is -2.41. The summed E-state index contributed by atoms with van der Waals surface area (Å²) in [5, 5.41) is 0.729. The first-order valence-electron chi connectivity index (χ1n) is 11.4. The summed E-state index contributed by atoms with van der Waals surface area (Å²) in [5.41, 5.74) is 10.2. The molecule has 1 fully saturated rings. The highest BCUT2D eigenvalue weighted by Gasteiger charge is 2.48. The molecule has 1 spiro atoms. The fourth-order valence-electron chi connectivity index (χ4n) is 4.53. The standard InChI is InChI=1S/C27H31ClN4O/c1-4-21(31-18-20-10-8-9-19(3)25(20)28)17-24(30-5-2)32-15-13-27(14-16-32)26(29)22-11-6-7-12-23(22)33-27/h5-12,17-18,26H,2,4,13-16,29H2,1,3H3/b21-17+,30-24?,31-18?/t26-/m1/s1. The second kappa shape index (κ2) is 9.94. The van der Waals surface area contributed by atoms with Crippen molar-refractivity contribution in [3.8, 4) is 5.75 Å². The van der Waals surface area contributed by atoms with Crippen LogP contribution in [-0.4, -0.2) is 35.6 Å². The molecule has 2 aromatic carbocycles. The molecule has 0 radical (unpaired) electrons. The van der Waals surface area contributed by atoms with E-state index in [9.17, 15) is 0 Å². The monoisotopic (exact) mass is 462 g/mol. The Bertz CT molecular complexity index is 1110. The molecule has 172 valence electrons. The Morgan fingerprint density at radius 2 is 2.00 bits per heavy atom. The van der Waals surface area contributed by atoms with Crippen LogP contribution in [0, 0.1) is 6.92 Å². The number of ether oxygens (including phenoxy) is 1. The van der Waals surface area contributed by atoms with Crippen molar-refractivity contribution in [2.45, 2.75) is 44.8 Å². The van der Waals surface area contributed by atoms with Crippen LogP contribution in [0.4, 0.5) is 0 Å². The molecule has 6 heteroatoms. The van der Waals surface area contributed by atoms with E-state index in [0.29, 0.717) is 0 Å². The van der Waals surface area contributed by atoms with Gasteiger partial charge in [0.1, 0.15) is 17.2 Å². The number of aliphatic imine (C=N–C) groups is 2. The molecule has 5 nitrogen and oxygen atoms in total. The molecule has 2 aromatic rings. The zero-order valence-electron chi connectivity index (χ0n) is 19.3. The van der Waals surface area contributed by atoms with Crippen LogP contribution in [0.15, 0.2) is 77.0 Å². The summed E-state index contributed by atoms with van der Waals surface area (Å²) in [5.74, 6) is 1.77. The maximum absolute atomic E-state index is 6.62. The normalized spacial score (nSPS) is 20.2. The van der Waals surface area contributed by atoms with E-state index in [4.69, 9.17) is 27.1 Å². The fraction of sp³-hybridized carbons (Fsp3) is 0.333. The van der Waals surface area contributed by atoms with Crippen molar-refractivity contribution in [1.82, 2.24) is 4.90 Å². The van der Waals surface area contributed by atoms with Crippen molar-refractivity contribution in [3.63, 3.8) is 0 Å². The third-order valence-corrected chi connectivity index (χ3v) is 7.06. The van der Waals surface area contributed by atoms with Gasteiger partial charge < -0.3 is 15.4 Å². The van der Waals surface area contributed by atoms with Gasteiger partial charge in [-0.1, -0.05) is 61.5 Å². The number of benzene rings is 2. The molecule has 0 amide bonds. The van der Waals surface area contributed by atoms with E-state index in [0.717, 1.165) is 71.3 Å². The van der Waals surface area contributed by atoms with Crippen LogP contribution in [0.25, 0.3) is 0 Å². The Balaban J connectivity index is 1.49. The molecule has 2 aliphatic heterocycles. The third kappa shape index (κ3) is 4.75. The second-order valence-corrected chi connectivity index (χ2v) is 8.94. The topological polar surface area (TPSA) is 63.2 Å². The second-order valence-electron chi connectivity index (χ2n) is 8.56. The Labute approximate surface area is 201 Å². The van der Waals surface area contributed by atoms with Crippen molar-refractivity contribution in [1.29, 1.82) is 0 Å². The number of likely N-dealkylation sites (tertiary alicyclic amines) is 1. The largest absolute Gasteiger partial charge is 0.485 e. The average Bonchev–Trinajstić information content (AvgIpc) is 3.10. The zero-order valence-corrected chi connectivity index (χ0v) is 20.1. The van der Waals surface area contributed by atoms with Gasteiger partial charge in [0.05, 0.1) is 11.1 Å². The minimum atomic E-state index is -0.350. The molecule has 1 atom stereocenters. The van der Waals surface area contributed by atoms with Gasteiger partial charge in [-0.05, 0) is 25.0 Å². The molecule has 2 N–H and O–H groups in total. The highest BCUT2D eigenvalue weighted by molar-refractivity contribution is 6.33. The number of hydrogen-bond donors (Lipinski definition) is 1. The molecule has 0 aromatic heterocycles. The molecule has 0 unspecified atom stereocenters. The van der Waals surface area contributed by atoms with Crippen molar-refractivity contribution >= 4 is 23.7 Å². The van der Waals surface area contributed by atoms with Crippen LogP contribution in [0.3, 0.4) is 0 Å². The molecule has 2 aliphatic rings. The molecular formula is C27H31ClN4O. The van der Waals surface area contributed by atoms with Crippen molar-refractivity contribution in [2.24, 2.45) is 15.7 Å². The lowest BCUT2D eigenvalue weighted by Crippen LogP contribution is -2.52. The van der Waals surface area contributed by atoms with Crippen LogP contribution in [0.5, 0.6) is 5.75 Å². The number of halogens is 1. The SMILES string of the molecule is C=CN=C(/C=C(\CC)N=Cc1cccc(C)c1Cl)N1CCC2(CC1)Oc1ccccc1[C@H]2N. The lowest BCUT2D eigenvalue weighted by molar-refractivity contribution is 0.0171. The average molecular weight is 463 g/mol. The van der Waals surface area contributed by atoms with E-state index in [2.05, 4.69) is 29.5 Å². The van der Waals surface area contributed by atoms with Gasteiger partial charge in [0.2, 0.25) is 0 Å². The number of aryl methyl sites for hydroxylation is 1. The van der Waals surface area contributed by atoms with E-state index >= 15 is 0 Å². The first-order chi connectivity index (χ1) is 16.0. The van der Waals surface area contributed by atoms with Gasteiger partial charge in [0, 0.05) is 61.2 Å². The molecule has 0 saturated carbocycles. The first-order valence-corrected chi connectivity index (χ1v) is 11.8. The molecule has 2 heterocycles. The van der Waals surface area contributed by atoms with E-state index in [1.165, 1.54) is 0 Å². The fourth-order valence-corrected chi connectivity index (χ4v) is 4.70. The number of fused-ring (bicyclic) bond motifs is 1. The summed E-state index contributed by atoms with van der Waals surface area (Å²) in [6.07, 6.45) is 7.87. The van der Waals surface area contributed by atoms with Gasteiger partial charge in [-0.2, -0.15) is 0 Å². The zero-order chi connectivity index (χ0) is 23.4. The Morgan fingerprint density at radius 1 is 1.24 bits per heavy atom. The Morgan fingerprint density at radius 3 is 2.70 bits per heavy atom. The van der Waals surface area contributed by atoms with Crippen LogP contribution >= 0.6 is 11.6 Å². The third-order valence-electron chi connectivity index (χ3n) is 6.54. The predicted octanol–water partition coefficient (Wildman–Crippen LogP) is 5.83. The van der Waals surface area contributed by atoms with E-state index in [-0.39, 0.29) is 11.6 Å². The van der Waals surface area contributed by atoms with Gasteiger partial charge >= 0.3 is 0 Å². The Hall–Kier alpha value is -2.89. The van der Waals surface area contributed by atoms with Crippen molar-refractivity contribution in [2.75, 3.05) is 13.1 Å². The van der Waals surface area contributed by atoms with Crippen LogP contribution in [-0.2, 0) is 0 Å². The summed E-state index contributed by atoms with van der Waals surface area (Å²) in [7, 11) is 0. The van der Waals surface area contributed by atoms with Gasteiger partial charge in [0.15, 0.2) is 0 Å². The van der Waals surface area contributed by atoms with Gasteiger partial charge in [-0.25, -0.2) is 4.99 Å². The summed E-state index contributed by atoms with van der Waals surface area (Å²) >= 11 is 6.42. The molecular weight excluding hydrogens is 432 g/mol. The smallest absolute Gasteiger partial charge is 0.132 e. The number of nitrogens with zero attached hydrogens (tertiary/aromatic N) is 3. The number of nitrogens with two attached hydrogens (primary N) is 1. The lowest BCUT2D eigenvalue weighted by atomic mass is 9.83. The number of amidine groups is 1. The minimum Gasteiger partial charge on any atom is -0.485 e. The first kappa shape index (κ1) is 23.3. The van der Waals surface area contributed by atoms with Crippen molar-refractivity contribution < 1.29 is 4.74 Å². The number of hydrogen-bond acceptors (Lipinski definition) is 4. The molecule has 0 bridgehead atoms. The van der Waals surface area contributed by atoms with Crippen molar-refractivity contribution in [3.05, 3.63) is 88.7 Å². The highest BCUT2D eigenvalue weighted by atomic mass is 35.5. The molecule has 33 heavy (non-hydrogen) atoms. The predicted molar refractivity (Wildman–Crippen MR) is 137 cm³/mol. The maximum Gasteiger partial charge on any atom is 0.132 e. The van der Waals surface area contributed by atoms with E-state index < -0.39 is 0 Å². The van der Waals surface area contributed by atoms with Gasteiger partial charge in [0.25, 0.3) is 0 Å². The van der Waals surface area contributed by atoms with Gasteiger partial charge in [-0.3, -0.25) is 4.99 Å². The van der Waals surface area contributed by atoms with Crippen LogP contribution in [0.1, 0.15) is 48.9 Å². The quantitative estimate of drug-likeness (QED) is 0.449. The number of para-hydroxylation sites is 1. The Kier molecular flexibility index (Phi) is 7.01. The summed E-state index contributed by atoms with van der Waals surface area (Å²) in [6.45, 7) is 9.49. The number of piperidine rings is 1. The summed E-state index contributed by atoms with van der Waals surface area (Å²) in [4.78, 5) is 11.5. The van der Waals surface area contributed by atoms with Gasteiger partial charge in [-0.15, -0.1) is 0 Å². The number of rotatable bonds is 5. The summed E-state index contributed by atoms with van der Waals surface area (Å²) < 4.78 is 6.38. The highest BCUT2D eigenvalue weighted by Crippen LogP contribution is 2.46. The molecule has 4 rings (SSSR count). The van der Waals surface area contributed by atoms with Crippen LogP contribution < -0.4 is 10.5 Å². The minimum absolute atomic E-state index is 0.110. The maximum atomic E-state index is 6.62. The molecule has 1 saturated heterocycles. The summed E-state index contributed by atoms with van der Waals surface area (Å²) in [6, 6.07) is 13.9. The van der Waals surface area contributed by atoms with E-state index in [1.807, 2.05) is 55.6 Å².